The average molecular weight is 299 g/mol. The zero-order chi connectivity index (χ0) is 15.2. The molecule has 2 atom stereocenters. The highest BCUT2D eigenvalue weighted by Gasteiger charge is 2.26. The number of hydrogen-bond acceptors (Lipinski definition) is 1. The van der Waals surface area contributed by atoms with Crippen LogP contribution in [0.15, 0.2) is 60.7 Å². The van der Waals surface area contributed by atoms with Crippen LogP contribution in [0.4, 0.5) is 0 Å². The smallest absolute Gasteiger partial charge is 0.0258 e. The van der Waals surface area contributed by atoms with Gasteiger partial charge in [0.05, 0.1) is 0 Å². The van der Waals surface area contributed by atoms with Gasteiger partial charge < -0.3 is 5.32 Å². The second-order valence-electron chi connectivity index (χ2n) is 6.99. The molecule has 0 amide bonds. The van der Waals surface area contributed by atoms with Crippen LogP contribution in [0.5, 0.6) is 0 Å². The van der Waals surface area contributed by atoms with E-state index in [2.05, 4.69) is 66.0 Å². The van der Waals surface area contributed by atoms with Crippen molar-refractivity contribution in [3.05, 3.63) is 66.2 Å². The molecule has 114 valence electrons. The first-order valence-corrected chi connectivity index (χ1v) is 8.76. The van der Waals surface area contributed by atoms with E-state index in [0.29, 0.717) is 12.1 Å². The van der Waals surface area contributed by atoms with E-state index >= 15 is 0 Å². The monoisotopic (exact) mass is 299 g/mol. The highest BCUT2D eigenvalue weighted by atomic mass is 15.0. The fourth-order valence-corrected chi connectivity index (χ4v) is 4.44. The molecule has 1 heteroatoms. The Morgan fingerprint density at radius 2 is 1.61 bits per heavy atom. The maximum atomic E-state index is 3.76. The van der Waals surface area contributed by atoms with E-state index in [9.17, 15) is 0 Å². The molecule has 3 aromatic carbocycles. The van der Waals surface area contributed by atoms with E-state index in [0.717, 1.165) is 0 Å². The molecule has 23 heavy (non-hydrogen) atoms. The third kappa shape index (κ3) is 2.19. The van der Waals surface area contributed by atoms with Crippen LogP contribution in [0.3, 0.4) is 0 Å². The lowest BCUT2D eigenvalue weighted by molar-refractivity contribution is 0.348. The normalized spacial score (nSPS) is 23.9. The molecule has 2 aliphatic heterocycles. The van der Waals surface area contributed by atoms with Gasteiger partial charge in [-0.2, -0.15) is 0 Å². The molecule has 3 aromatic rings. The maximum absolute atomic E-state index is 3.76. The molecule has 2 bridgehead atoms. The van der Waals surface area contributed by atoms with Crippen LogP contribution in [0.1, 0.15) is 31.2 Å². The summed E-state index contributed by atoms with van der Waals surface area (Å²) in [5, 5.41) is 9.26. The highest BCUT2D eigenvalue weighted by Crippen LogP contribution is 2.37. The van der Waals surface area contributed by atoms with Crippen molar-refractivity contribution in [3.8, 4) is 0 Å². The van der Waals surface area contributed by atoms with Crippen LogP contribution in [-0.4, -0.2) is 12.1 Å². The van der Waals surface area contributed by atoms with Crippen LogP contribution in [0, 0.1) is 0 Å². The van der Waals surface area contributed by atoms with Crippen molar-refractivity contribution in [2.24, 2.45) is 0 Å². The highest BCUT2D eigenvalue weighted by molar-refractivity contribution is 6.11. The summed E-state index contributed by atoms with van der Waals surface area (Å²) in [6.07, 6.45) is 7.63. The molecule has 2 heterocycles. The number of benzene rings is 3. The Balaban J connectivity index is 1.78. The summed E-state index contributed by atoms with van der Waals surface area (Å²) in [5.41, 5.74) is 2.98. The van der Waals surface area contributed by atoms with Gasteiger partial charge in [-0.15, -0.1) is 0 Å². The lowest BCUT2D eigenvalue weighted by atomic mass is 9.83. The SMILES string of the molecule is C1=C(c2cc3ccccc3c3ccccc23)CC2CCCC1N2. The van der Waals surface area contributed by atoms with E-state index < -0.39 is 0 Å². The molecule has 5 rings (SSSR count). The minimum absolute atomic E-state index is 0.572. The minimum Gasteiger partial charge on any atom is -0.307 e. The van der Waals surface area contributed by atoms with Crippen LogP contribution < -0.4 is 5.32 Å². The fraction of sp³-hybridized carbons (Fsp3) is 0.273. The van der Waals surface area contributed by atoms with Gasteiger partial charge in [0.15, 0.2) is 0 Å². The zero-order valence-corrected chi connectivity index (χ0v) is 13.3. The minimum atomic E-state index is 0.572. The maximum Gasteiger partial charge on any atom is 0.0258 e. The second kappa shape index (κ2) is 5.21. The Labute approximate surface area is 137 Å². The predicted molar refractivity (Wildman–Crippen MR) is 98.6 cm³/mol. The molecule has 2 aliphatic rings. The first-order valence-electron chi connectivity index (χ1n) is 8.76. The van der Waals surface area contributed by atoms with Gasteiger partial charge in [0, 0.05) is 12.1 Å². The molecule has 1 saturated heterocycles. The van der Waals surface area contributed by atoms with Gasteiger partial charge in [-0.05, 0) is 58.0 Å². The van der Waals surface area contributed by atoms with E-state index in [-0.39, 0.29) is 0 Å². The van der Waals surface area contributed by atoms with Gasteiger partial charge in [0.1, 0.15) is 0 Å². The molecule has 2 unspecified atom stereocenters. The van der Waals surface area contributed by atoms with Crippen molar-refractivity contribution in [2.45, 2.75) is 37.8 Å². The summed E-state index contributed by atoms with van der Waals surface area (Å²) in [5.74, 6) is 0. The summed E-state index contributed by atoms with van der Waals surface area (Å²) in [6, 6.07) is 21.3. The summed E-state index contributed by atoms with van der Waals surface area (Å²) in [6.45, 7) is 0. The van der Waals surface area contributed by atoms with Crippen molar-refractivity contribution in [1.82, 2.24) is 5.32 Å². The largest absolute Gasteiger partial charge is 0.307 e. The number of hydrogen-bond donors (Lipinski definition) is 1. The van der Waals surface area contributed by atoms with Crippen LogP contribution >= 0.6 is 0 Å². The van der Waals surface area contributed by atoms with Crippen molar-refractivity contribution in [2.75, 3.05) is 0 Å². The molecular formula is C22H21N. The van der Waals surface area contributed by atoms with Crippen LogP contribution in [-0.2, 0) is 0 Å². The first kappa shape index (κ1) is 13.3. The zero-order valence-electron chi connectivity index (χ0n) is 13.3. The molecule has 0 aromatic heterocycles. The van der Waals surface area contributed by atoms with Gasteiger partial charge in [-0.25, -0.2) is 0 Å². The summed E-state index contributed by atoms with van der Waals surface area (Å²) in [4.78, 5) is 0. The third-order valence-corrected chi connectivity index (χ3v) is 5.50. The van der Waals surface area contributed by atoms with Gasteiger partial charge in [-0.3, -0.25) is 0 Å². The standard InChI is InChI=1S/C22H21N/c1-2-9-19-15(6-1)14-22(21-11-4-3-10-20(19)21)16-12-17-7-5-8-18(13-16)23-17/h1-4,6,9-12,14,17-18,23H,5,7-8,13H2. The molecular weight excluding hydrogens is 278 g/mol. The summed E-state index contributed by atoms with van der Waals surface area (Å²) >= 11 is 0. The van der Waals surface area contributed by atoms with Gasteiger partial charge in [0.25, 0.3) is 0 Å². The Kier molecular flexibility index (Phi) is 3.02. The number of piperidine rings is 1. The van der Waals surface area contributed by atoms with E-state index in [4.69, 9.17) is 0 Å². The van der Waals surface area contributed by atoms with Crippen LogP contribution in [0.2, 0.25) is 0 Å². The molecule has 0 saturated carbocycles. The van der Waals surface area contributed by atoms with Crippen molar-refractivity contribution < 1.29 is 0 Å². The van der Waals surface area contributed by atoms with Gasteiger partial charge in [-0.1, -0.05) is 61.0 Å². The summed E-state index contributed by atoms with van der Waals surface area (Å²) in [7, 11) is 0. The molecule has 1 fully saturated rings. The summed E-state index contributed by atoms with van der Waals surface area (Å²) < 4.78 is 0. The molecule has 1 N–H and O–H groups in total. The van der Waals surface area contributed by atoms with Crippen LogP contribution in [0.25, 0.3) is 27.1 Å². The number of nitrogens with one attached hydrogen (secondary N) is 1. The third-order valence-electron chi connectivity index (χ3n) is 5.50. The molecule has 1 nitrogen and oxygen atoms in total. The number of rotatable bonds is 1. The van der Waals surface area contributed by atoms with Crippen molar-refractivity contribution in [1.29, 1.82) is 0 Å². The first-order chi connectivity index (χ1) is 11.4. The Hall–Kier alpha value is -2.12. The molecule has 0 aliphatic carbocycles. The Morgan fingerprint density at radius 1 is 0.826 bits per heavy atom. The lowest BCUT2D eigenvalue weighted by Crippen LogP contribution is -2.44. The second-order valence-corrected chi connectivity index (χ2v) is 6.99. The quantitative estimate of drug-likeness (QED) is 0.602. The Bertz CT molecular complexity index is 922. The van der Waals surface area contributed by atoms with Crippen molar-refractivity contribution >= 4 is 27.1 Å². The van der Waals surface area contributed by atoms with Gasteiger partial charge in [0.2, 0.25) is 0 Å². The van der Waals surface area contributed by atoms with Gasteiger partial charge >= 0.3 is 0 Å². The predicted octanol–water partition coefficient (Wildman–Crippen LogP) is 5.29. The van der Waals surface area contributed by atoms with E-state index in [1.165, 1.54) is 52.8 Å². The van der Waals surface area contributed by atoms with E-state index in [1.54, 1.807) is 5.57 Å². The van der Waals surface area contributed by atoms with E-state index in [1.807, 2.05) is 0 Å². The fourth-order valence-electron chi connectivity index (χ4n) is 4.44. The molecule has 0 spiro atoms. The number of fused-ring (bicyclic) bond motifs is 5. The lowest BCUT2D eigenvalue weighted by Gasteiger charge is -2.35. The topological polar surface area (TPSA) is 12.0 Å². The molecule has 0 radical (unpaired) electrons. The van der Waals surface area contributed by atoms with Crippen molar-refractivity contribution in [3.63, 3.8) is 0 Å². The Morgan fingerprint density at radius 3 is 2.48 bits per heavy atom. The average Bonchev–Trinajstić information content (AvgIpc) is 2.61.